The zero-order chi connectivity index (χ0) is 15.8. The van der Waals surface area contributed by atoms with Crippen molar-refractivity contribution >= 4 is 28.2 Å². The van der Waals surface area contributed by atoms with Crippen LogP contribution in [0.25, 0.3) is 0 Å². The smallest absolute Gasteiger partial charge is 0.265 e. The van der Waals surface area contributed by atoms with Gasteiger partial charge in [-0.2, -0.15) is 0 Å². The molecule has 1 rings (SSSR count). The molecule has 4 N–H and O–H groups in total. The second-order valence-electron chi connectivity index (χ2n) is 5.42. The van der Waals surface area contributed by atoms with E-state index in [4.69, 9.17) is 10.5 Å². The van der Waals surface area contributed by atoms with E-state index in [1.54, 1.807) is 7.11 Å². The zero-order valence-electron chi connectivity index (χ0n) is 13.2. The first-order chi connectivity index (χ1) is 9.97. The maximum absolute atomic E-state index is 12.3. The van der Waals surface area contributed by atoms with Gasteiger partial charge >= 0.3 is 0 Å². The molecule has 1 heterocycles. The normalized spacial score (nSPS) is 12.4. The standard InChI is InChI=1S/C14H26N4O2S/c1-5-6-10(8-20-4)17-13(19)11-12(15)18-14(21-11)16-7-9(2)3/h9-10H,5-8,15H2,1-4H3,(H,16,18)(H,17,19). The average Bonchev–Trinajstić information content (AvgIpc) is 2.78. The Balaban J connectivity index is 2.68. The summed E-state index contributed by atoms with van der Waals surface area (Å²) in [5.41, 5.74) is 5.84. The number of anilines is 2. The number of hydrogen-bond donors (Lipinski definition) is 3. The van der Waals surface area contributed by atoms with Gasteiger partial charge in [-0.1, -0.05) is 38.5 Å². The van der Waals surface area contributed by atoms with Crippen LogP contribution in [0.5, 0.6) is 0 Å². The molecule has 0 radical (unpaired) electrons. The number of rotatable bonds is 9. The van der Waals surface area contributed by atoms with Crippen LogP contribution in [0.2, 0.25) is 0 Å². The van der Waals surface area contributed by atoms with Crippen molar-refractivity contribution in [2.45, 2.75) is 39.7 Å². The number of carbonyl (C=O) groups excluding carboxylic acids is 1. The largest absolute Gasteiger partial charge is 0.383 e. The van der Waals surface area contributed by atoms with Crippen molar-refractivity contribution in [3.8, 4) is 0 Å². The van der Waals surface area contributed by atoms with Crippen LogP contribution < -0.4 is 16.4 Å². The number of nitrogens with one attached hydrogen (secondary N) is 2. The molecule has 0 saturated heterocycles. The fourth-order valence-electron chi connectivity index (χ4n) is 1.86. The van der Waals surface area contributed by atoms with Crippen molar-refractivity contribution < 1.29 is 9.53 Å². The number of hydrogen-bond acceptors (Lipinski definition) is 6. The minimum atomic E-state index is -0.182. The summed E-state index contributed by atoms with van der Waals surface area (Å²) in [4.78, 5) is 16.9. The van der Waals surface area contributed by atoms with Crippen molar-refractivity contribution in [1.29, 1.82) is 0 Å². The highest BCUT2D eigenvalue weighted by Gasteiger charge is 2.19. The van der Waals surface area contributed by atoms with E-state index in [0.29, 0.717) is 22.5 Å². The van der Waals surface area contributed by atoms with Crippen molar-refractivity contribution in [1.82, 2.24) is 10.3 Å². The number of amides is 1. The second-order valence-corrected chi connectivity index (χ2v) is 6.42. The lowest BCUT2D eigenvalue weighted by molar-refractivity contribution is 0.0896. The van der Waals surface area contributed by atoms with Gasteiger partial charge in [-0.25, -0.2) is 4.98 Å². The van der Waals surface area contributed by atoms with Gasteiger partial charge < -0.3 is 21.1 Å². The number of methoxy groups -OCH3 is 1. The highest BCUT2D eigenvalue weighted by molar-refractivity contribution is 7.18. The minimum absolute atomic E-state index is 0.000994. The predicted molar refractivity (Wildman–Crippen MR) is 87.9 cm³/mol. The molecule has 1 aromatic rings. The van der Waals surface area contributed by atoms with Crippen LogP contribution in [-0.4, -0.2) is 37.2 Å². The van der Waals surface area contributed by atoms with E-state index in [0.717, 1.165) is 19.4 Å². The van der Waals surface area contributed by atoms with Gasteiger partial charge in [0.05, 0.1) is 12.6 Å². The molecule has 0 aliphatic rings. The first-order valence-corrected chi connectivity index (χ1v) is 8.09. The topological polar surface area (TPSA) is 89.3 Å². The van der Waals surface area contributed by atoms with Crippen LogP contribution in [0.4, 0.5) is 10.9 Å². The molecule has 120 valence electrons. The molecule has 1 aromatic heterocycles. The molecule has 0 aromatic carbocycles. The summed E-state index contributed by atoms with van der Waals surface area (Å²) >= 11 is 1.29. The molecular weight excluding hydrogens is 288 g/mol. The molecule has 0 aliphatic carbocycles. The number of nitrogens with zero attached hydrogens (tertiary/aromatic N) is 1. The van der Waals surface area contributed by atoms with E-state index in [1.165, 1.54) is 11.3 Å². The Hall–Kier alpha value is -1.34. The molecule has 0 bridgehead atoms. The molecule has 0 spiro atoms. The monoisotopic (exact) mass is 314 g/mol. The number of ether oxygens (including phenoxy) is 1. The molecule has 0 aliphatic heterocycles. The summed E-state index contributed by atoms with van der Waals surface area (Å²) < 4.78 is 5.12. The highest BCUT2D eigenvalue weighted by Crippen LogP contribution is 2.25. The molecule has 1 unspecified atom stereocenters. The van der Waals surface area contributed by atoms with Crippen LogP contribution in [0.3, 0.4) is 0 Å². The van der Waals surface area contributed by atoms with Crippen LogP contribution in [0, 0.1) is 5.92 Å². The Kier molecular flexibility index (Phi) is 7.45. The molecule has 21 heavy (non-hydrogen) atoms. The van der Waals surface area contributed by atoms with E-state index in [-0.39, 0.29) is 17.8 Å². The molecule has 6 nitrogen and oxygen atoms in total. The number of carbonyl (C=O) groups is 1. The average molecular weight is 314 g/mol. The lowest BCUT2D eigenvalue weighted by Gasteiger charge is -2.16. The van der Waals surface area contributed by atoms with E-state index in [9.17, 15) is 4.79 Å². The van der Waals surface area contributed by atoms with Gasteiger partial charge in [-0.15, -0.1) is 0 Å². The lowest BCUT2D eigenvalue weighted by Crippen LogP contribution is -2.37. The summed E-state index contributed by atoms with van der Waals surface area (Å²) in [7, 11) is 1.63. The van der Waals surface area contributed by atoms with Gasteiger partial charge in [0, 0.05) is 13.7 Å². The Labute approximate surface area is 130 Å². The predicted octanol–water partition coefficient (Wildman–Crippen LogP) is 2.34. The van der Waals surface area contributed by atoms with Crippen molar-refractivity contribution in [3.05, 3.63) is 4.88 Å². The summed E-state index contributed by atoms with van der Waals surface area (Å²) in [5, 5.41) is 6.82. The molecule has 0 saturated carbocycles. The first kappa shape index (κ1) is 17.7. The summed E-state index contributed by atoms with van der Waals surface area (Å²) in [6, 6.07) is 0.000994. The van der Waals surface area contributed by atoms with E-state index in [1.807, 2.05) is 0 Å². The Bertz CT molecular complexity index is 442. The van der Waals surface area contributed by atoms with Gasteiger partial charge in [-0.3, -0.25) is 4.79 Å². The van der Waals surface area contributed by atoms with Crippen molar-refractivity contribution in [3.63, 3.8) is 0 Å². The Morgan fingerprint density at radius 3 is 2.76 bits per heavy atom. The van der Waals surface area contributed by atoms with Crippen LogP contribution >= 0.6 is 11.3 Å². The fraction of sp³-hybridized carbons (Fsp3) is 0.714. The van der Waals surface area contributed by atoms with Crippen molar-refractivity contribution in [2.24, 2.45) is 5.92 Å². The third-order valence-corrected chi connectivity index (χ3v) is 3.89. The Morgan fingerprint density at radius 1 is 1.48 bits per heavy atom. The number of nitrogens with two attached hydrogens (primary N) is 1. The third-order valence-electron chi connectivity index (χ3n) is 2.86. The third kappa shape index (κ3) is 5.89. The number of nitrogen functional groups attached to an aromatic ring is 1. The van der Waals surface area contributed by atoms with Gasteiger partial charge in [0.25, 0.3) is 5.91 Å². The van der Waals surface area contributed by atoms with Crippen molar-refractivity contribution in [2.75, 3.05) is 31.3 Å². The van der Waals surface area contributed by atoms with Crippen LogP contribution in [0.1, 0.15) is 43.3 Å². The number of aromatic nitrogens is 1. The summed E-state index contributed by atoms with van der Waals surface area (Å²) in [6.07, 6.45) is 1.85. The fourth-order valence-corrected chi connectivity index (χ4v) is 2.65. The quantitative estimate of drug-likeness (QED) is 0.651. The van der Waals surface area contributed by atoms with E-state index in [2.05, 4.69) is 36.4 Å². The van der Waals surface area contributed by atoms with Gasteiger partial charge in [0.1, 0.15) is 10.7 Å². The minimum Gasteiger partial charge on any atom is -0.383 e. The van der Waals surface area contributed by atoms with Gasteiger partial charge in [0.15, 0.2) is 5.13 Å². The lowest BCUT2D eigenvalue weighted by atomic mass is 10.2. The molecule has 1 amide bonds. The van der Waals surface area contributed by atoms with E-state index >= 15 is 0 Å². The maximum atomic E-state index is 12.3. The van der Waals surface area contributed by atoms with Crippen LogP contribution in [-0.2, 0) is 4.74 Å². The zero-order valence-corrected chi connectivity index (χ0v) is 14.0. The maximum Gasteiger partial charge on any atom is 0.265 e. The first-order valence-electron chi connectivity index (χ1n) is 7.27. The summed E-state index contributed by atoms with van der Waals surface area (Å²) in [5.74, 6) is 0.595. The molecule has 0 fully saturated rings. The van der Waals surface area contributed by atoms with Crippen LogP contribution in [0.15, 0.2) is 0 Å². The van der Waals surface area contributed by atoms with E-state index < -0.39 is 0 Å². The molecule has 7 heteroatoms. The Morgan fingerprint density at radius 2 is 2.19 bits per heavy atom. The summed E-state index contributed by atoms with van der Waals surface area (Å²) in [6.45, 7) is 7.59. The highest BCUT2D eigenvalue weighted by atomic mass is 32.1. The molecular formula is C14H26N4O2S. The number of thiazole rings is 1. The van der Waals surface area contributed by atoms with Gasteiger partial charge in [0.2, 0.25) is 0 Å². The second kappa shape index (κ2) is 8.84. The SMILES string of the molecule is CCCC(COC)NC(=O)c1sc(NCC(C)C)nc1N. The van der Waals surface area contributed by atoms with Gasteiger partial charge in [-0.05, 0) is 12.3 Å². The molecule has 1 atom stereocenters.